The fraction of sp³-hybridized carbons (Fsp3) is 0. The molecule has 0 bridgehead atoms. The van der Waals surface area contributed by atoms with Gasteiger partial charge in [0.25, 0.3) is 0 Å². The Morgan fingerprint density at radius 2 is 1.39 bits per heavy atom. The molecule has 0 amide bonds. The van der Waals surface area contributed by atoms with Crippen LogP contribution in [-0.4, -0.2) is 10.0 Å². The Morgan fingerprint density at radius 3 is 2.12 bits per heavy atom. The molecule has 0 N–H and O–H groups in total. The van der Waals surface area contributed by atoms with Crippen molar-refractivity contribution in [2.75, 3.05) is 0 Å². The monoisotopic (exact) mass is 480 g/mol. The average Bonchev–Trinajstić information content (AvgIpc) is 3.30. The Kier molecular flexibility index (Phi) is 7.02. The lowest BCUT2D eigenvalue weighted by Gasteiger charge is -2.03. The van der Waals surface area contributed by atoms with Crippen LogP contribution in [0.3, 0.4) is 0 Å². The number of aliphatic imine (C=N–C) groups is 1. The summed E-state index contributed by atoms with van der Waals surface area (Å²) in [6.07, 6.45) is 2.08. The van der Waals surface area contributed by atoms with E-state index < -0.39 is 0 Å². The van der Waals surface area contributed by atoms with E-state index in [1.807, 2.05) is 18.2 Å². The maximum absolute atomic E-state index is 4.93. The third kappa shape index (κ3) is 5.82. The second kappa shape index (κ2) is 10.7. The smallest absolute Gasteiger partial charge is 0.124 e. The topological polar surface area (TPSA) is 25.2 Å². The van der Waals surface area contributed by atoms with Crippen molar-refractivity contribution in [2.24, 2.45) is 4.99 Å². The molecule has 33 heavy (non-hydrogen) atoms. The van der Waals surface area contributed by atoms with Gasteiger partial charge in [0.2, 0.25) is 0 Å². The molecular weight excluding hydrogens is 461 g/mol. The minimum absolute atomic E-state index is 0.924. The lowest BCUT2D eigenvalue weighted by molar-refractivity contribution is 1.46. The zero-order valence-corrected chi connectivity index (χ0v) is 20.1. The molecule has 0 aliphatic rings. The van der Waals surface area contributed by atoms with Crippen molar-refractivity contribution >= 4 is 55.8 Å². The molecule has 0 atom stereocenters. The second-order valence-corrected chi connectivity index (χ2v) is 10.2. The van der Waals surface area contributed by atoms with Crippen LogP contribution < -0.4 is 0 Å². The van der Waals surface area contributed by atoms with Gasteiger partial charge in [0.1, 0.15) is 10.1 Å². The van der Waals surface area contributed by atoms with E-state index in [1.54, 1.807) is 34.9 Å². The molecule has 2 nitrogen and oxygen atoms in total. The first-order valence-electron chi connectivity index (χ1n) is 10.5. The van der Waals surface area contributed by atoms with Crippen molar-refractivity contribution < 1.29 is 0 Å². The van der Waals surface area contributed by atoms with Crippen molar-refractivity contribution in [3.8, 4) is 10.6 Å². The summed E-state index contributed by atoms with van der Waals surface area (Å²) in [4.78, 5) is 12.1. The maximum atomic E-state index is 4.93. The Bertz CT molecular complexity index is 1360. The molecule has 5 aromatic rings. The fourth-order valence-electron chi connectivity index (χ4n) is 3.17. The molecule has 0 saturated heterocycles. The summed E-state index contributed by atoms with van der Waals surface area (Å²) in [7, 11) is 0. The van der Waals surface area contributed by atoms with Gasteiger partial charge in [0.15, 0.2) is 0 Å². The molecule has 0 saturated carbocycles. The van der Waals surface area contributed by atoms with Gasteiger partial charge in [-0.05, 0) is 72.1 Å². The van der Waals surface area contributed by atoms with Gasteiger partial charge in [-0.1, -0.05) is 72.1 Å². The molecule has 0 spiro atoms. The number of benzene rings is 4. The highest BCUT2D eigenvalue weighted by molar-refractivity contribution is 8.14. The van der Waals surface area contributed by atoms with Gasteiger partial charge in [-0.15, -0.1) is 11.3 Å². The van der Waals surface area contributed by atoms with Crippen LogP contribution in [0.1, 0.15) is 0 Å². The average molecular weight is 481 g/mol. The zero-order valence-electron chi connectivity index (χ0n) is 17.7. The van der Waals surface area contributed by atoms with E-state index in [0.29, 0.717) is 0 Å². The van der Waals surface area contributed by atoms with Gasteiger partial charge < -0.3 is 0 Å². The number of thiazole rings is 1. The van der Waals surface area contributed by atoms with Crippen LogP contribution in [0.2, 0.25) is 0 Å². The summed E-state index contributed by atoms with van der Waals surface area (Å²) in [5.74, 6) is 0. The van der Waals surface area contributed by atoms with E-state index in [2.05, 4.69) is 102 Å². The molecule has 0 aliphatic carbocycles. The molecule has 0 radical (unpaired) electrons. The number of nitrogens with zero attached hydrogens (tertiary/aromatic N) is 2. The second-order valence-electron chi connectivity index (χ2n) is 7.13. The molecule has 1 aromatic heterocycles. The molecule has 0 aliphatic heterocycles. The number of para-hydroxylation sites is 1. The van der Waals surface area contributed by atoms with Crippen molar-refractivity contribution in [1.82, 2.24) is 4.98 Å². The van der Waals surface area contributed by atoms with Crippen LogP contribution in [0, 0.1) is 0 Å². The van der Waals surface area contributed by atoms with E-state index in [-0.39, 0.29) is 0 Å². The third-order valence-electron chi connectivity index (χ3n) is 4.77. The predicted molar refractivity (Wildman–Crippen MR) is 146 cm³/mol. The Balaban J connectivity index is 1.38. The van der Waals surface area contributed by atoms with Crippen LogP contribution >= 0.6 is 34.9 Å². The van der Waals surface area contributed by atoms with Gasteiger partial charge in [-0.2, -0.15) is 0 Å². The van der Waals surface area contributed by atoms with Crippen LogP contribution in [0.4, 0.5) is 5.69 Å². The summed E-state index contributed by atoms with van der Waals surface area (Å²) in [6.45, 7) is 0. The maximum Gasteiger partial charge on any atom is 0.124 e. The van der Waals surface area contributed by atoms with E-state index in [9.17, 15) is 0 Å². The van der Waals surface area contributed by atoms with Gasteiger partial charge in [-0.25, -0.2) is 9.98 Å². The molecular formula is C28H20N2S3. The van der Waals surface area contributed by atoms with Crippen LogP contribution in [-0.2, 0) is 0 Å². The van der Waals surface area contributed by atoms with Crippen molar-refractivity contribution in [3.63, 3.8) is 0 Å². The SMILES string of the molecule is C(=CC(=Nc1ccc(-c2nc3ccccc3s2)cc1)Sc1ccccc1)Sc1ccccc1. The van der Waals surface area contributed by atoms with Gasteiger partial charge >= 0.3 is 0 Å². The summed E-state index contributed by atoms with van der Waals surface area (Å²) >= 11 is 5.07. The number of rotatable bonds is 6. The molecule has 4 aromatic carbocycles. The minimum Gasteiger partial charge on any atom is -0.242 e. The predicted octanol–water partition coefficient (Wildman–Crippen LogP) is 9.09. The van der Waals surface area contributed by atoms with Crippen molar-refractivity contribution in [3.05, 3.63) is 121 Å². The highest BCUT2D eigenvalue weighted by Gasteiger charge is 2.06. The standard InChI is InChI=1S/C28H20N2S3/c1-3-9-23(10-4-1)31-20-19-27(32-24-11-5-2-6-12-24)29-22-17-15-21(16-18-22)28-30-25-13-7-8-14-26(25)33-28/h1-20H. The van der Waals surface area contributed by atoms with Crippen LogP contribution in [0.25, 0.3) is 20.8 Å². The summed E-state index contributed by atoms with van der Waals surface area (Å²) in [5.41, 5.74) is 3.08. The number of fused-ring (bicyclic) bond motifs is 1. The highest BCUT2D eigenvalue weighted by Crippen LogP contribution is 2.32. The number of thioether (sulfide) groups is 2. The molecule has 0 fully saturated rings. The number of aromatic nitrogens is 1. The molecule has 5 rings (SSSR count). The third-order valence-corrected chi connectivity index (χ3v) is 7.62. The van der Waals surface area contributed by atoms with E-state index >= 15 is 0 Å². The van der Waals surface area contributed by atoms with Crippen LogP contribution in [0.5, 0.6) is 0 Å². The van der Waals surface area contributed by atoms with Gasteiger partial charge in [0, 0.05) is 15.4 Å². The summed E-state index contributed by atoms with van der Waals surface area (Å²) in [6, 6.07) is 37.3. The molecule has 1 heterocycles. The van der Waals surface area contributed by atoms with E-state index in [1.165, 1.54) is 9.60 Å². The lowest BCUT2D eigenvalue weighted by atomic mass is 10.2. The van der Waals surface area contributed by atoms with Crippen molar-refractivity contribution in [2.45, 2.75) is 9.79 Å². The molecule has 5 heteroatoms. The lowest BCUT2D eigenvalue weighted by Crippen LogP contribution is -1.86. The first kappa shape index (κ1) is 21.7. The normalized spacial score (nSPS) is 11.9. The Labute approximate surface area is 206 Å². The minimum atomic E-state index is 0.924. The first-order chi connectivity index (χ1) is 16.3. The first-order valence-corrected chi connectivity index (χ1v) is 13.0. The highest BCUT2D eigenvalue weighted by atomic mass is 32.2. The van der Waals surface area contributed by atoms with Gasteiger partial charge in [-0.3, -0.25) is 0 Å². The molecule has 0 unspecified atom stereocenters. The van der Waals surface area contributed by atoms with Crippen LogP contribution in [0.15, 0.2) is 135 Å². The quantitative estimate of drug-likeness (QED) is 0.138. The Hall–Kier alpha value is -3.12. The summed E-state index contributed by atoms with van der Waals surface area (Å²) < 4.78 is 1.21. The van der Waals surface area contributed by atoms with E-state index in [4.69, 9.17) is 9.98 Å². The van der Waals surface area contributed by atoms with Crippen molar-refractivity contribution in [1.29, 1.82) is 0 Å². The zero-order chi connectivity index (χ0) is 22.3. The number of hydrogen-bond acceptors (Lipinski definition) is 5. The van der Waals surface area contributed by atoms with Gasteiger partial charge in [0.05, 0.1) is 15.9 Å². The molecule has 160 valence electrons. The fourth-order valence-corrected chi connectivity index (χ4v) is 5.72. The Morgan fingerprint density at radius 1 is 0.727 bits per heavy atom. The largest absolute Gasteiger partial charge is 0.242 e. The van der Waals surface area contributed by atoms with E-state index in [0.717, 1.165) is 31.7 Å². The summed E-state index contributed by atoms with van der Waals surface area (Å²) in [5, 5.41) is 4.07. The number of hydrogen-bond donors (Lipinski definition) is 0.